The highest BCUT2D eigenvalue weighted by molar-refractivity contribution is 7.99. The number of thioether (sulfide) groups is 1. The zero-order chi connectivity index (χ0) is 19.2. The van der Waals surface area contributed by atoms with Crippen LogP contribution in [0.3, 0.4) is 0 Å². The van der Waals surface area contributed by atoms with E-state index in [9.17, 15) is 9.90 Å². The summed E-state index contributed by atoms with van der Waals surface area (Å²) >= 11 is 7.10. The molecular formula is C19H19ClN4O2S. The highest BCUT2D eigenvalue weighted by Crippen LogP contribution is 2.27. The summed E-state index contributed by atoms with van der Waals surface area (Å²) in [5, 5.41) is 22.1. The molecule has 3 aromatic rings. The van der Waals surface area contributed by atoms with Gasteiger partial charge in [0.1, 0.15) is 11.6 Å². The van der Waals surface area contributed by atoms with Gasteiger partial charge in [-0.15, -0.1) is 10.2 Å². The molecule has 0 fully saturated rings. The molecule has 0 saturated carbocycles. The number of aromatic nitrogens is 3. The first-order chi connectivity index (χ1) is 13.1. The summed E-state index contributed by atoms with van der Waals surface area (Å²) in [6.45, 7) is 2.74. The number of hydrogen-bond donors (Lipinski definition) is 2. The van der Waals surface area contributed by atoms with Crippen LogP contribution in [-0.4, -0.2) is 31.5 Å². The minimum atomic E-state index is -0.243. The predicted molar refractivity (Wildman–Crippen MR) is 107 cm³/mol. The molecule has 0 spiro atoms. The number of hydrogen-bond acceptors (Lipinski definition) is 5. The number of nitrogens with one attached hydrogen (secondary N) is 1. The number of carbonyl (C=O) groups excluding carboxylic acids is 1. The van der Waals surface area contributed by atoms with Gasteiger partial charge in [-0.25, -0.2) is 0 Å². The molecule has 8 heteroatoms. The van der Waals surface area contributed by atoms with Crippen molar-refractivity contribution in [2.24, 2.45) is 0 Å². The van der Waals surface area contributed by atoms with Gasteiger partial charge >= 0.3 is 0 Å². The number of aromatic hydroxyl groups is 1. The number of halogens is 1. The topological polar surface area (TPSA) is 80.0 Å². The summed E-state index contributed by atoms with van der Waals surface area (Å²) in [5.41, 5.74) is 1.49. The van der Waals surface area contributed by atoms with Gasteiger partial charge in [0.15, 0.2) is 5.16 Å². The van der Waals surface area contributed by atoms with E-state index in [1.54, 1.807) is 12.1 Å². The molecule has 0 aliphatic rings. The van der Waals surface area contributed by atoms with E-state index in [-0.39, 0.29) is 17.4 Å². The van der Waals surface area contributed by atoms with E-state index in [1.807, 2.05) is 41.8 Å². The smallest absolute Gasteiger partial charge is 0.234 e. The Balaban J connectivity index is 1.63. The number of benzene rings is 2. The Morgan fingerprint density at radius 1 is 1.22 bits per heavy atom. The molecule has 1 heterocycles. The standard InChI is InChI=1S/C19H19ClN4O2S/c1-2-24-17(10-13-6-4-3-5-7-13)22-23-19(24)27-12-18(26)21-15-9-8-14(20)11-16(15)25/h3-9,11,25H,2,10,12H2,1H3,(H,21,26). The van der Waals surface area contributed by atoms with E-state index in [2.05, 4.69) is 15.5 Å². The summed E-state index contributed by atoms with van der Waals surface area (Å²) in [6.07, 6.45) is 0.688. The zero-order valence-electron chi connectivity index (χ0n) is 14.7. The van der Waals surface area contributed by atoms with Crippen molar-refractivity contribution >= 4 is 35.0 Å². The molecule has 6 nitrogen and oxygen atoms in total. The minimum absolute atomic E-state index is 0.0669. The van der Waals surface area contributed by atoms with Crippen LogP contribution in [0.25, 0.3) is 0 Å². The second kappa shape index (κ2) is 8.92. The quantitative estimate of drug-likeness (QED) is 0.461. The van der Waals surface area contributed by atoms with Crippen LogP contribution in [-0.2, 0) is 17.8 Å². The van der Waals surface area contributed by atoms with Gasteiger partial charge in [0.2, 0.25) is 5.91 Å². The van der Waals surface area contributed by atoms with Gasteiger partial charge in [-0.2, -0.15) is 0 Å². The maximum absolute atomic E-state index is 12.2. The maximum Gasteiger partial charge on any atom is 0.234 e. The van der Waals surface area contributed by atoms with Gasteiger partial charge in [-0.1, -0.05) is 53.7 Å². The van der Waals surface area contributed by atoms with Gasteiger partial charge < -0.3 is 15.0 Å². The first-order valence-corrected chi connectivity index (χ1v) is 9.80. The molecule has 0 unspecified atom stereocenters. The van der Waals surface area contributed by atoms with Crippen LogP contribution in [0.15, 0.2) is 53.7 Å². The Morgan fingerprint density at radius 2 is 2.00 bits per heavy atom. The highest BCUT2D eigenvalue weighted by atomic mass is 35.5. The third kappa shape index (κ3) is 5.02. The Hall–Kier alpha value is -2.51. The van der Waals surface area contributed by atoms with Crippen LogP contribution in [0.1, 0.15) is 18.3 Å². The fourth-order valence-corrected chi connectivity index (χ4v) is 3.57. The Bertz CT molecular complexity index is 931. The molecule has 0 radical (unpaired) electrons. The predicted octanol–water partition coefficient (Wildman–Crippen LogP) is 3.98. The van der Waals surface area contributed by atoms with Gasteiger partial charge in [0.05, 0.1) is 11.4 Å². The van der Waals surface area contributed by atoms with Crippen LogP contribution < -0.4 is 5.32 Å². The fourth-order valence-electron chi connectivity index (χ4n) is 2.58. The number of rotatable bonds is 7. The second-order valence-corrected chi connectivity index (χ2v) is 7.18. The van der Waals surface area contributed by atoms with E-state index < -0.39 is 0 Å². The normalized spacial score (nSPS) is 10.7. The highest BCUT2D eigenvalue weighted by Gasteiger charge is 2.14. The lowest BCUT2D eigenvalue weighted by atomic mass is 10.1. The van der Waals surface area contributed by atoms with E-state index in [4.69, 9.17) is 11.6 Å². The first kappa shape index (κ1) is 19.3. The number of phenolic OH excluding ortho intramolecular Hbond substituents is 1. The van der Waals surface area contributed by atoms with E-state index in [0.717, 1.165) is 17.9 Å². The van der Waals surface area contributed by atoms with Gasteiger partial charge in [0, 0.05) is 24.1 Å². The van der Waals surface area contributed by atoms with Crippen molar-refractivity contribution in [2.45, 2.75) is 25.0 Å². The lowest BCUT2D eigenvalue weighted by molar-refractivity contribution is -0.113. The summed E-state index contributed by atoms with van der Waals surface area (Å²) in [5.74, 6) is 0.712. The summed E-state index contributed by atoms with van der Waals surface area (Å²) < 4.78 is 2.00. The van der Waals surface area contributed by atoms with Crippen molar-refractivity contribution in [1.82, 2.24) is 14.8 Å². The average molecular weight is 403 g/mol. The molecular weight excluding hydrogens is 384 g/mol. The molecule has 2 N–H and O–H groups in total. The lowest BCUT2D eigenvalue weighted by Crippen LogP contribution is -2.15. The molecule has 3 rings (SSSR count). The molecule has 140 valence electrons. The van der Waals surface area contributed by atoms with E-state index in [0.29, 0.717) is 22.3 Å². The molecule has 1 aromatic heterocycles. The number of carbonyl (C=O) groups is 1. The molecule has 0 aliphatic carbocycles. The number of amides is 1. The Labute approximate surface area is 166 Å². The number of anilines is 1. The molecule has 2 aromatic carbocycles. The Morgan fingerprint density at radius 3 is 2.70 bits per heavy atom. The first-order valence-electron chi connectivity index (χ1n) is 8.44. The molecule has 27 heavy (non-hydrogen) atoms. The largest absolute Gasteiger partial charge is 0.506 e. The minimum Gasteiger partial charge on any atom is -0.506 e. The molecule has 1 amide bonds. The molecule has 0 bridgehead atoms. The van der Waals surface area contributed by atoms with E-state index in [1.165, 1.54) is 17.8 Å². The second-order valence-electron chi connectivity index (χ2n) is 5.80. The van der Waals surface area contributed by atoms with Gasteiger partial charge in [0.25, 0.3) is 0 Å². The molecule has 0 aliphatic heterocycles. The maximum atomic E-state index is 12.2. The van der Waals surface area contributed by atoms with Crippen LogP contribution in [0.2, 0.25) is 5.02 Å². The van der Waals surface area contributed by atoms with Crippen molar-refractivity contribution in [2.75, 3.05) is 11.1 Å². The van der Waals surface area contributed by atoms with Crippen LogP contribution in [0.4, 0.5) is 5.69 Å². The zero-order valence-corrected chi connectivity index (χ0v) is 16.3. The lowest BCUT2D eigenvalue weighted by Gasteiger charge is -2.09. The number of nitrogens with zero attached hydrogens (tertiary/aromatic N) is 3. The summed E-state index contributed by atoms with van der Waals surface area (Å²) in [4.78, 5) is 12.2. The van der Waals surface area contributed by atoms with Crippen molar-refractivity contribution < 1.29 is 9.90 Å². The van der Waals surface area contributed by atoms with Gasteiger partial charge in [-0.3, -0.25) is 4.79 Å². The third-order valence-electron chi connectivity index (χ3n) is 3.88. The number of phenols is 1. The van der Waals surface area contributed by atoms with Crippen molar-refractivity contribution in [3.05, 3.63) is 64.9 Å². The van der Waals surface area contributed by atoms with Crippen LogP contribution >= 0.6 is 23.4 Å². The van der Waals surface area contributed by atoms with Crippen molar-refractivity contribution in [1.29, 1.82) is 0 Å². The van der Waals surface area contributed by atoms with Crippen LogP contribution in [0.5, 0.6) is 5.75 Å². The summed E-state index contributed by atoms with van der Waals surface area (Å²) in [6, 6.07) is 14.6. The fraction of sp³-hybridized carbons (Fsp3) is 0.211. The average Bonchev–Trinajstić information content (AvgIpc) is 3.04. The van der Waals surface area contributed by atoms with Crippen molar-refractivity contribution in [3.8, 4) is 5.75 Å². The Kier molecular flexibility index (Phi) is 6.36. The van der Waals surface area contributed by atoms with Crippen molar-refractivity contribution in [3.63, 3.8) is 0 Å². The third-order valence-corrected chi connectivity index (χ3v) is 5.08. The van der Waals surface area contributed by atoms with E-state index >= 15 is 0 Å². The molecule has 0 atom stereocenters. The molecule has 0 saturated heterocycles. The summed E-state index contributed by atoms with van der Waals surface area (Å²) in [7, 11) is 0. The van der Waals surface area contributed by atoms with Crippen LogP contribution in [0, 0.1) is 0 Å². The monoisotopic (exact) mass is 402 g/mol. The SMILES string of the molecule is CCn1c(Cc2ccccc2)nnc1SCC(=O)Nc1ccc(Cl)cc1O. The van der Waals surface area contributed by atoms with Gasteiger partial charge in [-0.05, 0) is 24.6 Å².